The molecule has 2 aliphatic rings. The highest BCUT2D eigenvalue weighted by atomic mass is 16.2. The second kappa shape index (κ2) is 6.49. The van der Waals surface area contributed by atoms with E-state index in [1.54, 1.807) is 4.90 Å². The van der Waals surface area contributed by atoms with E-state index in [-0.39, 0.29) is 24.0 Å². The number of nitrogens with one attached hydrogen (secondary N) is 1. The number of rotatable bonds is 3. The van der Waals surface area contributed by atoms with Gasteiger partial charge in [-0.3, -0.25) is 15.2 Å². The average molecular weight is 318 g/mol. The monoisotopic (exact) mass is 318 g/mol. The molecule has 23 heavy (non-hydrogen) atoms. The van der Waals surface area contributed by atoms with E-state index in [1.165, 1.54) is 18.6 Å². The van der Waals surface area contributed by atoms with Crippen molar-refractivity contribution < 1.29 is 9.59 Å². The Morgan fingerprint density at radius 2 is 2.13 bits per heavy atom. The zero-order valence-corrected chi connectivity index (χ0v) is 13.5. The van der Waals surface area contributed by atoms with Crippen LogP contribution in [0.15, 0.2) is 18.6 Å². The maximum atomic E-state index is 12.3. The van der Waals surface area contributed by atoms with Crippen LogP contribution in [0.1, 0.15) is 30.3 Å². The van der Waals surface area contributed by atoms with Crippen LogP contribution in [-0.4, -0.2) is 75.5 Å². The van der Waals surface area contributed by atoms with E-state index in [1.807, 2.05) is 23.9 Å². The molecule has 0 aromatic carbocycles. The number of hydrogen-bond donors (Lipinski definition) is 1. The Balaban J connectivity index is 1.67. The predicted molar refractivity (Wildman–Crippen MR) is 83.4 cm³/mol. The van der Waals surface area contributed by atoms with Crippen LogP contribution < -0.4 is 5.43 Å². The summed E-state index contributed by atoms with van der Waals surface area (Å²) < 4.78 is 0. The highest BCUT2D eigenvalue weighted by Gasteiger charge is 2.39. The molecule has 0 aliphatic carbocycles. The van der Waals surface area contributed by atoms with E-state index in [2.05, 4.69) is 15.4 Å². The number of piperidine rings is 1. The fourth-order valence-electron chi connectivity index (χ4n) is 3.28. The molecule has 0 saturated carbocycles. The highest BCUT2D eigenvalue weighted by molar-refractivity contribution is 5.91. The molecule has 0 bridgehead atoms. The van der Waals surface area contributed by atoms with Crippen molar-refractivity contribution in [2.45, 2.75) is 31.8 Å². The predicted octanol–water partition coefficient (Wildman–Crippen LogP) is 0.342. The third kappa shape index (κ3) is 3.12. The van der Waals surface area contributed by atoms with E-state index in [9.17, 15) is 9.59 Å². The van der Waals surface area contributed by atoms with Crippen LogP contribution in [0.25, 0.3) is 0 Å². The summed E-state index contributed by atoms with van der Waals surface area (Å²) in [4.78, 5) is 36.1. The summed E-state index contributed by atoms with van der Waals surface area (Å²) in [5.74, 6) is -0.268. The topological polar surface area (TPSA) is 81.7 Å². The lowest BCUT2D eigenvalue weighted by atomic mass is 9.97. The van der Waals surface area contributed by atoms with Crippen LogP contribution >= 0.6 is 0 Å². The number of hydrogen-bond acceptors (Lipinski definition) is 5. The summed E-state index contributed by atoms with van der Waals surface area (Å²) in [6.45, 7) is 4.32. The number of likely N-dealkylation sites (N-methyl/N-ethyl adjacent to an activating group) is 1. The van der Waals surface area contributed by atoms with E-state index < -0.39 is 0 Å². The fourth-order valence-corrected chi connectivity index (χ4v) is 3.28. The van der Waals surface area contributed by atoms with Gasteiger partial charge in [-0.05, 0) is 19.8 Å². The van der Waals surface area contributed by atoms with Crippen molar-refractivity contribution in [2.75, 3.05) is 26.7 Å². The summed E-state index contributed by atoms with van der Waals surface area (Å²) in [7, 11) is 1.82. The Hall–Kier alpha value is -2.22. The molecular formula is C15H22N6O2. The summed E-state index contributed by atoms with van der Waals surface area (Å²) in [6, 6.07) is 0.243. The van der Waals surface area contributed by atoms with Crippen molar-refractivity contribution in [3.63, 3.8) is 0 Å². The van der Waals surface area contributed by atoms with Crippen molar-refractivity contribution in [3.05, 3.63) is 24.3 Å². The first kappa shape index (κ1) is 15.7. The second-order valence-electron chi connectivity index (χ2n) is 6.07. The molecule has 3 amide bonds. The lowest BCUT2D eigenvalue weighted by Gasteiger charge is -2.42. The van der Waals surface area contributed by atoms with Gasteiger partial charge in [0.2, 0.25) is 0 Å². The molecule has 2 atom stereocenters. The van der Waals surface area contributed by atoms with Gasteiger partial charge in [0.15, 0.2) is 0 Å². The first-order valence-corrected chi connectivity index (χ1v) is 7.93. The molecule has 124 valence electrons. The minimum Gasteiger partial charge on any atom is -0.326 e. The summed E-state index contributed by atoms with van der Waals surface area (Å²) in [6.07, 6.45) is 6.36. The van der Waals surface area contributed by atoms with E-state index >= 15 is 0 Å². The maximum absolute atomic E-state index is 12.3. The van der Waals surface area contributed by atoms with Gasteiger partial charge >= 0.3 is 6.03 Å². The Morgan fingerprint density at radius 3 is 2.78 bits per heavy atom. The molecule has 1 N–H and O–H groups in total. The Bertz CT molecular complexity index is 581. The van der Waals surface area contributed by atoms with Gasteiger partial charge in [-0.25, -0.2) is 14.8 Å². The van der Waals surface area contributed by atoms with Crippen LogP contribution in [0.4, 0.5) is 4.79 Å². The van der Waals surface area contributed by atoms with Crippen molar-refractivity contribution >= 4 is 11.9 Å². The number of nitrogens with zero attached hydrogens (tertiary/aromatic N) is 5. The molecule has 0 spiro atoms. The van der Waals surface area contributed by atoms with Crippen molar-refractivity contribution in [1.82, 2.24) is 30.2 Å². The molecule has 0 radical (unpaired) electrons. The zero-order chi connectivity index (χ0) is 16.4. The number of urea groups is 1. The van der Waals surface area contributed by atoms with Gasteiger partial charge in [0, 0.05) is 45.1 Å². The molecule has 8 heteroatoms. The number of aromatic nitrogens is 2. The van der Waals surface area contributed by atoms with Crippen LogP contribution in [0, 0.1) is 0 Å². The maximum Gasteiger partial charge on any atom is 0.320 e. The number of carbonyl (C=O) groups excluding carboxylic acids is 2. The van der Waals surface area contributed by atoms with Gasteiger partial charge < -0.3 is 9.80 Å². The first-order chi connectivity index (χ1) is 11.1. The molecular weight excluding hydrogens is 296 g/mol. The molecule has 3 rings (SSSR count). The van der Waals surface area contributed by atoms with Crippen LogP contribution in [0.3, 0.4) is 0 Å². The Kier molecular flexibility index (Phi) is 4.42. The third-order valence-electron chi connectivity index (χ3n) is 4.64. The van der Waals surface area contributed by atoms with Crippen LogP contribution in [-0.2, 0) is 0 Å². The number of carbonyl (C=O) groups is 2. The van der Waals surface area contributed by atoms with Gasteiger partial charge in [-0.2, -0.15) is 0 Å². The minimum atomic E-state index is -0.268. The van der Waals surface area contributed by atoms with Gasteiger partial charge in [-0.15, -0.1) is 0 Å². The average Bonchev–Trinajstić information content (AvgIpc) is 2.90. The van der Waals surface area contributed by atoms with Crippen LogP contribution in [0.5, 0.6) is 0 Å². The van der Waals surface area contributed by atoms with Gasteiger partial charge in [0.05, 0.1) is 12.2 Å². The number of amides is 3. The smallest absolute Gasteiger partial charge is 0.320 e. The summed E-state index contributed by atoms with van der Waals surface area (Å²) in [5, 5.41) is 1.91. The van der Waals surface area contributed by atoms with E-state index in [0.29, 0.717) is 5.69 Å². The molecule has 2 saturated heterocycles. The van der Waals surface area contributed by atoms with E-state index in [4.69, 9.17) is 0 Å². The lowest BCUT2D eigenvalue weighted by Crippen LogP contribution is -2.59. The standard InChI is InChI=1S/C15H22N6O2/c1-11-13(20-9-8-19(2)15(20)23)4-3-7-21(11)18-14(22)12-10-16-5-6-17-12/h5-6,10-11,13H,3-4,7-9H2,1-2H3,(H,18,22). The van der Waals surface area contributed by atoms with Crippen molar-refractivity contribution in [1.29, 1.82) is 0 Å². The normalized spacial score (nSPS) is 25.7. The van der Waals surface area contributed by atoms with Gasteiger partial charge in [0.1, 0.15) is 5.69 Å². The molecule has 2 fully saturated rings. The molecule has 2 unspecified atom stereocenters. The first-order valence-electron chi connectivity index (χ1n) is 7.93. The quantitative estimate of drug-likeness (QED) is 0.869. The molecule has 1 aromatic heterocycles. The minimum absolute atomic E-state index is 0.0554. The summed E-state index contributed by atoms with van der Waals surface area (Å²) in [5.41, 5.74) is 3.20. The summed E-state index contributed by atoms with van der Waals surface area (Å²) >= 11 is 0. The number of hydrazine groups is 1. The van der Waals surface area contributed by atoms with Crippen molar-refractivity contribution in [2.24, 2.45) is 0 Å². The Morgan fingerprint density at radius 1 is 1.30 bits per heavy atom. The lowest BCUT2D eigenvalue weighted by molar-refractivity contribution is 0.0305. The Labute approximate surface area is 135 Å². The SMILES string of the molecule is CC1C(N2CCN(C)C2=O)CCCN1NC(=O)c1cnccn1. The van der Waals surface area contributed by atoms with Crippen molar-refractivity contribution in [3.8, 4) is 0 Å². The molecule has 1 aromatic rings. The molecule has 8 nitrogen and oxygen atoms in total. The zero-order valence-electron chi connectivity index (χ0n) is 13.5. The van der Waals surface area contributed by atoms with E-state index in [0.717, 1.165) is 32.5 Å². The fraction of sp³-hybridized carbons (Fsp3) is 0.600. The van der Waals surface area contributed by atoms with Crippen LogP contribution in [0.2, 0.25) is 0 Å². The molecule has 3 heterocycles. The largest absolute Gasteiger partial charge is 0.326 e. The van der Waals surface area contributed by atoms with Gasteiger partial charge in [-0.1, -0.05) is 0 Å². The third-order valence-corrected chi connectivity index (χ3v) is 4.64. The van der Waals surface area contributed by atoms with Gasteiger partial charge in [0.25, 0.3) is 5.91 Å². The highest BCUT2D eigenvalue weighted by Crippen LogP contribution is 2.24. The second-order valence-corrected chi connectivity index (χ2v) is 6.07. The molecule has 2 aliphatic heterocycles.